The lowest BCUT2D eigenvalue weighted by atomic mass is 9.95. The molecule has 0 unspecified atom stereocenters. The number of ether oxygens (including phenoxy) is 1. The molecule has 2 aromatic rings. The summed E-state index contributed by atoms with van der Waals surface area (Å²) in [6.45, 7) is 3.37. The first-order chi connectivity index (χ1) is 8.49. The number of hydrogen-bond acceptors (Lipinski definition) is 3. The molecule has 1 aromatic heterocycles. The van der Waals surface area contributed by atoms with Gasteiger partial charge in [0, 0.05) is 5.39 Å². The predicted molar refractivity (Wildman–Crippen MR) is 68.7 cm³/mol. The number of aliphatic carboxylic acids is 1. The summed E-state index contributed by atoms with van der Waals surface area (Å²) in [7, 11) is 0. The van der Waals surface area contributed by atoms with Gasteiger partial charge < -0.3 is 9.84 Å². The molecule has 0 atom stereocenters. The van der Waals surface area contributed by atoms with Crippen molar-refractivity contribution < 1.29 is 14.6 Å². The molecule has 0 aliphatic heterocycles. The summed E-state index contributed by atoms with van der Waals surface area (Å²) in [6, 6.07) is 9.57. The number of benzene rings is 1. The lowest BCUT2D eigenvalue weighted by Crippen LogP contribution is -2.30. The number of rotatable bonds is 4. The van der Waals surface area contributed by atoms with Crippen molar-refractivity contribution in [1.29, 1.82) is 0 Å². The first-order valence-electron chi connectivity index (χ1n) is 5.70. The van der Waals surface area contributed by atoms with Crippen LogP contribution in [0.2, 0.25) is 0 Å². The number of pyridine rings is 1. The minimum absolute atomic E-state index is 0.113. The third-order valence-electron chi connectivity index (χ3n) is 2.74. The Morgan fingerprint density at radius 2 is 2.11 bits per heavy atom. The number of aromatic nitrogens is 1. The molecule has 0 bridgehead atoms. The second-order valence-corrected chi connectivity index (χ2v) is 4.84. The van der Waals surface area contributed by atoms with Gasteiger partial charge in [-0.1, -0.05) is 18.2 Å². The quantitative estimate of drug-likeness (QED) is 0.899. The molecule has 2 rings (SSSR count). The first-order valence-corrected chi connectivity index (χ1v) is 5.70. The summed E-state index contributed by atoms with van der Waals surface area (Å²) in [5, 5.41) is 9.97. The van der Waals surface area contributed by atoms with Crippen LogP contribution in [0.25, 0.3) is 10.9 Å². The molecule has 4 heteroatoms. The number of hydrogen-bond donors (Lipinski definition) is 1. The summed E-state index contributed by atoms with van der Waals surface area (Å²) >= 11 is 0. The maximum atomic E-state index is 11.0. The summed E-state index contributed by atoms with van der Waals surface area (Å²) in [5.74, 6) is -0.292. The van der Waals surface area contributed by atoms with Gasteiger partial charge in [-0.05, 0) is 26.0 Å². The first kappa shape index (κ1) is 12.4. The largest absolute Gasteiger partial charge is 0.491 e. The van der Waals surface area contributed by atoms with E-state index in [1.807, 2.05) is 30.3 Å². The van der Waals surface area contributed by atoms with Gasteiger partial charge in [0.2, 0.25) is 0 Å². The van der Waals surface area contributed by atoms with E-state index >= 15 is 0 Å². The minimum atomic E-state index is -0.911. The molecule has 1 N–H and O–H groups in total. The second kappa shape index (κ2) is 4.64. The van der Waals surface area contributed by atoms with Crippen LogP contribution in [0.15, 0.2) is 36.5 Å². The van der Waals surface area contributed by atoms with E-state index < -0.39 is 11.4 Å². The average Bonchev–Trinajstić information content (AvgIpc) is 2.36. The normalized spacial score (nSPS) is 11.4. The molecule has 0 spiro atoms. The Morgan fingerprint density at radius 3 is 2.83 bits per heavy atom. The summed E-state index contributed by atoms with van der Waals surface area (Å²) < 4.78 is 5.50. The Hall–Kier alpha value is -2.10. The van der Waals surface area contributed by atoms with E-state index in [2.05, 4.69) is 4.98 Å². The van der Waals surface area contributed by atoms with E-state index in [0.29, 0.717) is 5.75 Å². The summed E-state index contributed by atoms with van der Waals surface area (Å²) in [5.41, 5.74) is -0.0200. The molecule has 0 fully saturated rings. The van der Waals surface area contributed by atoms with Gasteiger partial charge >= 0.3 is 5.97 Å². The summed E-state index contributed by atoms with van der Waals surface area (Å²) in [4.78, 5) is 15.2. The SMILES string of the molecule is CC(C)(COc1cnc2ccccc2c1)C(=O)O. The van der Waals surface area contributed by atoms with Gasteiger partial charge in [0.25, 0.3) is 0 Å². The Kier molecular flexibility index (Phi) is 3.19. The zero-order valence-electron chi connectivity index (χ0n) is 10.4. The average molecular weight is 245 g/mol. The fraction of sp³-hybridized carbons (Fsp3) is 0.286. The van der Waals surface area contributed by atoms with Gasteiger partial charge in [0.15, 0.2) is 0 Å². The van der Waals surface area contributed by atoms with Crippen LogP contribution in [0.1, 0.15) is 13.8 Å². The van der Waals surface area contributed by atoms with Crippen LogP contribution in [0.4, 0.5) is 0 Å². The fourth-order valence-corrected chi connectivity index (χ4v) is 1.46. The van der Waals surface area contributed by atoms with Gasteiger partial charge in [-0.15, -0.1) is 0 Å². The van der Waals surface area contributed by atoms with Crippen LogP contribution in [0.5, 0.6) is 5.75 Å². The second-order valence-electron chi connectivity index (χ2n) is 4.84. The highest BCUT2D eigenvalue weighted by molar-refractivity contribution is 5.79. The molecule has 18 heavy (non-hydrogen) atoms. The highest BCUT2D eigenvalue weighted by Gasteiger charge is 2.28. The number of fused-ring (bicyclic) bond motifs is 1. The Labute approximate surface area is 105 Å². The van der Waals surface area contributed by atoms with Gasteiger partial charge in [0.05, 0.1) is 17.1 Å². The smallest absolute Gasteiger partial charge is 0.312 e. The van der Waals surface area contributed by atoms with Crippen molar-refractivity contribution in [2.45, 2.75) is 13.8 Å². The van der Waals surface area contributed by atoms with Gasteiger partial charge in [-0.25, -0.2) is 0 Å². The zero-order chi connectivity index (χ0) is 13.2. The molecule has 0 aliphatic carbocycles. The van der Waals surface area contributed by atoms with E-state index in [-0.39, 0.29) is 6.61 Å². The molecule has 0 aliphatic rings. The third kappa shape index (κ3) is 2.59. The standard InChI is InChI=1S/C14H15NO3/c1-14(2,13(16)17)9-18-11-7-10-5-3-4-6-12(10)15-8-11/h3-8H,9H2,1-2H3,(H,16,17). The molecule has 0 saturated carbocycles. The van der Waals surface area contributed by atoms with Crippen molar-refractivity contribution in [3.63, 3.8) is 0 Å². The highest BCUT2D eigenvalue weighted by atomic mass is 16.5. The molecule has 0 radical (unpaired) electrons. The van der Waals surface area contributed by atoms with E-state index in [1.165, 1.54) is 0 Å². The van der Waals surface area contributed by atoms with Crippen molar-refractivity contribution >= 4 is 16.9 Å². The molecule has 1 aromatic carbocycles. The van der Waals surface area contributed by atoms with Crippen LogP contribution in [-0.4, -0.2) is 22.7 Å². The summed E-state index contributed by atoms with van der Waals surface area (Å²) in [6.07, 6.45) is 1.61. The number of carboxylic acid groups (broad SMARTS) is 1. The highest BCUT2D eigenvalue weighted by Crippen LogP contribution is 2.21. The van der Waals surface area contributed by atoms with Crippen molar-refractivity contribution in [1.82, 2.24) is 4.98 Å². The topological polar surface area (TPSA) is 59.4 Å². The maximum Gasteiger partial charge on any atom is 0.312 e. The minimum Gasteiger partial charge on any atom is -0.491 e. The fourth-order valence-electron chi connectivity index (χ4n) is 1.46. The van der Waals surface area contributed by atoms with E-state index in [9.17, 15) is 4.79 Å². The van der Waals surface area contributed by atoms with Crippen LogP contribution < -0.4 is 4.74 Å². The monoisotopic (exact) mass is 245 g/mol. The molecular weight excluding hydrogens is 230 g/mol. The molecule has 0 saturated heterocycles. The number of nitrogens with zero attached hydrogens (tertiary/aromatic N) is 1. The molecular formula is C14H15NO3. The van der Waals surface area contributed by atoms with Crippen LogP contribution in [0.3, 0.4) is 0 Å². The number of para-hydroxylation sites is 1. The maximum absolute atomic E-state index is 11.0. The Balaban J connectivity index is 2.15. The van der Waals surface area contributed by atoms with Crippen molar-refractivity contribution in [3.8, 4) is 5.75 Å². The third-order valence-corrected chi connectivity index (χ3v) is 2.74. The molecule has 1 heterocycles. The van der Waals surface area contributed by atoms with E-state index in [4.69, 9.17) is 9.84 Å². The van der Waals surface area contributed by atoms with Crippen molar-refractivity contribution in [3.05, 3.63) is 36.5 Å². The van der Waals surface area contributed by atoms with Crippen LogP contribution >= 0.6 is 0 Å². The van der Waals surface area contributed by atoms with E-state index in [1.54, 1.807) is 20.0 Å². The zero-order valence-corrected chi connectivity index (χ0v) is 10.4. The van der Waals surface area contributed by atoms with Crippen LogP contribution in [-0.2, 0) is 4.79 Å². The van der Waals surface area contributed by atoms with Crippen molar-refractivity contribution in [2.24, 2.45) is 5.41 Å². The lowest BCUT2D eigenvalue weighted by Gasteiger charge is -2.19. The van der Waals surface area contributed by atoms with Crippen molar-refractivity contribution in [2.75, 3.05) is 6.61 Å². The van der Waals surface area contributed by atoms with Gasteiger partial charge in [-0.3, -0.25) is 9.78 Å². The van der Waals surface area contributed by atoms with E-state index in [0.717, 1.165) is 10.9 Å². The Morgan fingerprint density at radius 1 is 1.39 bits per heavy atom. The number of carboxylic acids is 1. The van der Waals surface area contributed by atoms with Crippen LogP contribution in [0, 0.1) is 5.41 Å². The lowest BCUT2D eigenvalue weighted by molar-refractivity contribution is -0.148. The molecule has 0 amide bonds. The molecule has 4 nitrogen and oxygen atoms in total. The number of carbonyl (C=O) groups is 1. The predicted octanol–water partition coefficient (Wildman–Crippen LogP) is 2.72. The Bertz CT molecular complexity index is 578. The van der Waals surface area contributed by atoms with Gasteiger partial charge in [-0.2, -0.15) is 0 Å². The molecule has 94 valence electrons. The van der Waals surface area contributed by atoms with Gasteiger partial charge in [0.1, 0.15) is 12.4 Å².